The fraction of sp³-hybridized carbons (Fsp3) is 0.370. The second-order valence-electron chi connectivity index (χ2n) is 9.80. The highest BCUT2D eigenvalue weighted by molar-refractivity contribution is 7.21. The average molecular weight is 517 g/mol. The molecule has 0 aromatic carbocycles. The largest absolute Gasteiger partial charge is 0.347 e. The van der Waals surface area contributed by atoms with Crippen LogP contribution >= 0.6 is 11.3 Å². The number of carbonyl (C=O) groups is 3. The monoisotopic (exact) mass is 516 g/mol. The Morgan fingerprint density at radius 2 is 1.95 bits per heavy atom. The minimum atomic E-state index is -0.323. The van der Waals surface area contributed by atoms with Crippen LogP contribution in [0.5, 0.6) is 0 Å². The fourth-order valence-corrected chi connectivity index (χ4v) is 6.72. The molecular weight excluding hydrogens is 488 g/mol. The molecule has 5 heterocycles. The van der Waals surface area contributed by atoms with Gasteiger partial charge in [-0.15, -0.1) is 11.3 Å². The molecule has 1 unspecified atom stereocenters. The van der Waals surface area contributed by atoms with Gasteiger partial charge in [0.1, 0.15) is 9.71 Å². The van der Waals surface area contributed by atoms with Gasteiger partial charge >= 0.3 is 6.03 Å². The maximum atomic E-state index is 13.4. The number of aromatic nitrogens is 2. The van der Waals surface area contributed by atoms with Gasteiger partial charge in [0, 0.05) is 43.1 Å². The second kappa shape index (κ2) is 9.59. The van der Waals surface area contributed by atoms with E-state index < -0.39 is 0 Å². The second-order valence-corrected chi connectivity index (χ2v) is 10.8. The van der Waals surface area contributed by atoms with E-state index >= 15 is 0 Å². The number of piperidine rings is 1. The molecule has 2 aliphatic heterocycles. The van der Waals surface area contributed by atoms with Gasteiger partial charge in [-0.3, -0.25) is 19.5 Å². The van der Waals surface area contributed by atoms with Crippen molar-refractivity contribution in [2.75, 3.05) is 23.3 Å². The molecule has 0 spiro atoms. The normalized spacial score (nSPS) is 19.7. The van der Waals surface area contributed by atoms with Crippen LogP contribution in [0.4, 0.5) is 21.9 Å². The lowest BCUT2D eigenvalue weighted by Crippen LogP contribution is -2.49. The van der Waals surface area contributed by atoms with Crippen molar-refractivity contribution in [2.45, 2.75) is 50.5 Å². The first-order valence-corrected chi connectivity index (χ1v) is 13.6. The third-order valence-electron chi connectivity index (χ3n) is 7.49. The molecule has 3 aromatic heterocycles. The summed E-state index contributed by atoms with van der Waals surface area (Å²) >= 11 is 1.26. The number of rotatable bonds is 5. The van der Waals surface area contributed by atoms with Crippen LogP contribution in [-0.2, 0) is 4.79 Å². The van der Waals surface area contributed by atoms with E-state index in [4.69, 9.17) is 0 Å². The van der Waals surface area contributed by atoms with E-state index in [1.807, 2.05) is 18.2 Å². The molecule has 2 fully saturated rings. The van der Waals surface area contributed by atoms with Crippen LogP contribution in [0.3, 0.4) is 0 Å². The van der Waals surface area contributed by atoms with Crippen molar-refractivity contribution in [3.05, 3.63) is 53.8 Å². The number of carbonyl (C=O) groups excluding carboxylic acids is 3. The molecule has 6 rings (SSSR count). The Bertz CT molecular complexity index is 1410. The lowest BCUT2D eigenvalue weighted by Gasteiger charge is -2.32. The molecule has 4 amide bonds. The predicted molar refractivity (Wildman–Crippen MR) is 143 cm³/mol. The third kappa shape index (κ3) is 4.25. The van der Waals surface area contributed by atoms with Gasteiger partial charge in [0.15, 0.2) is 0 Å². The number of anilines is 3. The molecule has 1 saturated heterocycles. The topological polar surface area (TPSA) is 108 Å². The fourth-order valence-electron chi connectivity index (χ4n) is 5.70. The van der Waals surface area contributed by atoms with Crippen molar-refractivity contribution in [2.24, 2.45) is 0 Å². The summed E-state index contributed by atoms with van der Waals surface area (Å²) in [5.41, 5.74) is 2.95. The molecular formula is C27H28N6O3S. The van der Waals surface area contributed by atoms with Crippen molar-refractivity contribution in [1.82, 2.24) is 20.2 Å². The third-order valence-corrected chi connectivity index (χ3v) is 8.59. The summed E-state index contributed by atoms with van der Waals surface area (Å²) < 4.78 is 0. The van der Waals surface area contributed by atoms with Crippen molar-refractivity contribution in [1.29, 1.82) is 0 Å². The van der Waals surface area contributed by atoms with Gasteiger partial charge in [-0.25, -0.2) is 9.78 Å². The summed E-state index contributed by atoms with van der Waals surface area (Å²) in [6, 6.07) is 5.17. The van der Waals surface area contributed by atoms with Gasteiger partial charge in [-0.05, 0) is 50.0 Å². The summed E-state index contributed by atoms with van der Waals surface area (Å²) in [5.74, 6) is 0.0158. The summed E-state index contributed by atoms with van der Waals surface area (Å²) in [6.45, 7) is 4.65. The average Bonchev–Trinajstić information content (AvgIpc) is 3.58. The van der Waals surface area contributed by atoms with Gasteiger partial charge in [-0.1, -0.05) is 19.4 Å². The Morgan fingerprint density at radius 3 is 2.76 bits per heavy atom. The maximum Gasteiger partial charge on any atom is 0.331 e. The van der Waals surface area contributed by atoms with E-state index in [2.05, 4.69) is 27.2 Å². The zero-order valence-corrected chi connectivity index (χ0v) is 21.2. The molecule has 0 radical (unpaired) electrons. The van der Waals surface area contributed by atoms with E-state index in [0.29, 0.717) is 40.1 Å². The highest BCUT2D eigenvalue weighted by atomic mass is 32.1. The Balaban J connectivity index is 1.31. The Labute approximate surface area is 218 Å². The van der Waals surface area contributed by atoms with Crippen molar-refractivity contribution < 1.29 is 14.4 Å². The van der Waals surface area contributed by atoms with E-state index in [1.54, 1.807) is 22.2 Å². The quantitative estimate of drug-likeness (QED) is 0.467. The Hall–Kier alpha value is -3.79. The SMILES string of the molecule is C=CC(=O)N1CCCC(NC(=O)c2sc3nccc4c3c2NC(=O)N4c2ccnc(C3CCCC3)c2)C1. The number of pyridine rings is 2. The molecule has 0 bridgehead atoms. The van der Waals surface area contributed by atoms with Gasteiger partial charge in [0.2, 0.25) is 5.91 Å². The lowest BCUT2D eigenvalue weighted by atomic mass is 10.0. The summed E-state index contributed by atoms with van der Waals surface area (Å²) in [6.07, 6.45) is 11.0. The Morgan fingerprint density at radius 1 is 1.14 bits per heavy atom. The molecule has 2 N–H and O–H groups in total. The van der Waals surface area contributed by atoms with Crippen molar-refractivity contribution >= 4 is 56.5 Å². The Kier molecular flexibility index (Phi) is 6.11. The summed E-state index contributed by atoms with van der Waals surface area (Å²) in [7, 11) is 0. The zero-order valence-electron chi connectivity index (χ0n) is 20.4. The first-order valence-electron chi connectivity index (χ1n) is 12.7. The molecule has 10 heteroatoms. The molecule has 3 aromatic rings. The van der Waals surface area contributed by atoms with E-state index in [-0.39, 0.29) is 23.9 Å². The number of amides is 4. The summed E-state index contributed by atoms with van der Waals surface area (Å²) in [4.78, 5) is 52.4. The number of likely N-dealkylation sites (tertiary alicyclic amines) is 1. The van der Waals surface area contributed by atoms with Crippen molar-refractivity contribution in [3.8, 4) is 0 Å². The molecule has 190 valence electrons. The van der Waals surface area contributed by atoms with Crippen LogP contribution in [0, 0.1) is 0 Å². The standard InChI is InChI=1S/C27H28N6O3S/c1-2-21(34)32-13-5-8-17(15-32)30-25(35)24-23-22-20(10-12-29-26(22)37-24)33(27(36)31-23)18-9-11-28-19(14-18)16-6-3-4-7-16/h2,9-12,14,16-17H,1,3-8,13,15H2,(H,30,35)(H,31,36). The van der Waals surface area contributed by atoms with E-state index in [1.165, 1.54) is 30.3 Å². The van der Waals surface area contributed by atoms with Gasteiger partial charge in [-0.2, -0.15) is 0 Å². The molecule has 3 aliphatic rings. The summed E-state index contributed by atoms with van der Waals surface area (Å²) in [5, 5.41) is 6.78. The molecule has 1 aliphatic carbocycles. The molecule has 37 heavy (non-hydrogen) atoms. The number of nitrogens with zero attached hydrogens (tertiary/aromatic N) is 4. The number of nitrogens with one attached hydrogen (secondary N) is 2. The maximum absolute atomic E-state index is 13.4. The molecule has 1 saturated carbocycles. The minimum Gasteiger partial charge on any atom is -0.347 e. The van der Waals surface area contributed by atoms with Crippen LogP contribution < -0.4 is 15.5 Å². The number of hydrogen-bond acceptors (Lipinski definition) is 6. The number of thiophene rings is 1. The van der Waals surface area contributed by atoms with E-state index in [9.17, 15) is 14.4 Å². The van der Waals surface area contributed by atoms with Crippen LogP contribution in [0.1, 0.15) is 59.8 Å². The molecule has 9 nitrogen and oxygen atoms in total. The van der Waals surface area contributed by atoms with Gasteiger partial charge in [0.25, 0.3) is 5.91 Å². The number of hydrogen-bond donors (Lipinski definition) is 2. The first kappa shape index (κ1) is 23.6. The van der Waals surface area contributed by atoms with Crippen LogP contribution in [0.2, 0.25) is 0 Å². The highest BCUT2D eigenvalue weighted by Crippen LogP contribution is 2.46. The van der Waals surface area contributed by atoms with E-state index in [0.717, 1.165) is 42.5 Å². The van der Waals surface area contributed by atoms with Crippen LogP contribution in [0.25, 0.3) is 10.2 Å². The first-order chi connectivity index (χ1) is 18.0. The van der Waals surface area contributed by atoms with Crippen LogP contribution in [-0.4, -0.2) is 51.8 Å². The van der Waals surface area contributed by atoms with Crippen LogP contribution in [0.15, 0.2) is 43.2 Å². The minimum absolute atomic E-state index is 0.135. The molecule has 1 atom stereocenters. The smallest absolute Gasteiger partial charge is 0.331 e. The van der Waals surface area contributed by atoms with Crippen molar-refractivity contribution in [3.63, 3.8) is 0 Å². The van der Waals surface area contributed by atoms with Gasteiger partial charge in [0.05, 0.1) is 22.4 Å². The predicted octanol–water partition coefficient (Wildman–Crippen LogP) is 4.94. The number of urea groups is 1. The highest BCUT2D eigenvalue weighted by Gasteiger charge is 2.34. The lowest BCUT2D eigenvalue weighted by molar-refractivity contribution is -0.127. The zero-order chi connectivity index (χ0) is 25.5. The van der Waals surface area contributed by atoms with Gasteiger partial charge < -0.3 is 15.5 Å².